The van der Waals surface area contributed by atoms with Crippen LogP contribution in [-0.2, 0) is 15.6 Å². The first-order chi connectivity index (χ1) is 13.0. The molecule has 1 heterocycles. The number of hydrogen-bond acceptors (Lipinski definition) is 4. The third-order valence-corrected chi connectivity index (χ3v) is 5.45. The summed E-state index contributed by atoms with van der Waals surface area (Å²) in [6.45, 7) is 2.79. The Bertz CT molecular complexity index is 816. The lowest BCUT2D eigenvalue weighted by Crippen LogP contribution is -2.50. The molecule has 142 valence electrons. The fourth-order valence-corrected chi connectivity index (χ4v) is 3.53. The minimum Gasteiger partial charge on any atom is -0.336 e. The summed E-state index contributed by atoms with van der Waals surface area (Å²) in [4.78, 5) is 29.3. The van der Waals surface area contributed by atoms with Crippen LogP contribution in [0, 0.1) is 0 Å². The van der Waals surface area contributed by atoms with Crippen molar-refractivity contribution >= 4 is 28.3 Å². The zero-order valence-corrected chi connectivity index (χ0v) is 16.1. The van der Waals surface area contributed by atoms with E-state index in [1.165, 1.54) is 0 Å². The zero-order chi connectivity index (χ0) is 19.2. The molecule has 0 spiro atoms. The molecule has 2 amide bonds. The van der Waals surface area contributed by atoms with Crippen molar-refractivity contribution in [1.29, 1.82) is 0 Å². The highest BCUT2D eigenvalue weighted by molar-refractivity contribution is 7.84. The lowest BCUT2D eigenvalue weighted by Gasteiger charge is -2.34. The number of nitrogens with one attached hydrogen (secondary N) is 1. The van der Waals surface area contributed by atoms with Gasteiger partial charge in [-0.25, -0.2) is 0 Å². The van der Waals surface area contributed by atoms with Gasteiger partial charge in [0.2, 0.25) is 5.91 Å². The summed E-state index contributed by atoms with van der Waals surface area (Å²) in [5, 5.41) is 2.88. The van der Waals surface area contributed by atoms with Gasteiger partial charge in [-0.3, -0.25) is 18.7 Å². The Morgan fingerprint density at radius 3 is 2.19 bits per heavy atom. The number of anilines is 1. The van der Waals surface area contributed by atoms with Crippen LogP contribution in [0.3, 0.4) is 0 Å². The monoisotopic (exact) mass is 385 g/mol. The van der Waals surface area contributed by atoms with Crippen molar-refractivity contribution in [2.75, 3.05) is 44.3 Å². The van der Waals surface area contributed by atoms with Crippen LogP contribution in [0.4, 0.5) is 5.69 Å². The molecule has 7 heteroatoms. The van der Waals surface area contributed by atoms with E-state index in [2.05, 4.69) is 5.32 Å². The highest BCUT2D eigenvalue weighted by Crippen LogP contribution is 2.12. The number of benzene rings is 2. The minimum absolute atomic E-state index is 0.0307. The SMILES string of the molecule is CS(=O)c1ccc(C(=O)N2CCN(CC(=O)Nc3ccccc3)CC2)cc1. The molecule has 1 N–H and O–H groups in total. The number of nitrogens with zero attached hydrogens (tertiary/aromatic N) is 2. The predicted octanol–water partition coefficient (Wildman–Crippen LogP) is 1.82. The summed E-state index contributed by atoms with van der Waals surface area (Å²) in [5.74, 6) is -0.0825. The molecule has 1 fully saturated rings. The molecule has 0 aliphatic carbocycles. The van der Waals surface area contributed by atoms with Crippen molar-refractivity contribution < 1.29 is 13.8 Å². The number of piperazine rings is 1. The molecule has 1 aliphatic rings. The largest absolute Gasteiger partial charge is 0.336 e. The first-order valence-electron chi connectivity index (χ1n) is 8.83. The van der Waals surface area contributed by atoms with Crippen LogP contribution in [-0.4, -0.2) is 64.8 Å². The van der Waals surface area contributed by atoms with Crippen molar-refractivity contribution in [1.82, 2.24) is 9.80 Å². The van der Waals surface area contributed by atoms with Gasteiger partial charge in [-0.15, -0.1) is 0 Å². The average Bonchev–Trinajstić information content (AvgIpc) is 2.69. The summed E-state index contributed by atoms with van der Waals surface area (Å²) in [6.07, 6.45) is 1.62. The molecule has 0 bridgehead atoms. The fourth-order valence-electron chi connectivity index (χ4n) is 3.01. The van der Waals surface area contributed by atoms with E-state index in [1.54, 1.807) is 35.4 Å². The summed E-state index contributed by atoms with van der Waals surface area (Å²) in [5.41, 5.74) is 1.38. The Morgan fingerprint density at radius 1 is 0.963 bits per heavy atom. The maximum Gasteiger partial charge on any atom is 0.253 e. The summed E-state index contributed by atoms with van der Waals surface area (Å²) >= 11 is 0. The maximum atomic E-state index is 12.6. The molecule has 27 heavy (non-hydrogen) atoms. The third-order valence-electron chi connectivity index (χ3n) is 4.52. The standard InChI is InChI=1S/C20H23N3O3S/c1-27(26)18-9-7-16(8-10-18)20(25)23-13-11-22(12-14-23)15-19(24)21-17-5-3-2-4-6-17/h2-10H,11-15H2,1H3,(H,21,24). The first kappa shape index (κ1) is 19.3. The second-order valence-electron chi connectivity index (χ2n) is 6.46. The van der Waals surface area contributed by atoms with Crippen LogP contribution in [0.2, 0.25) is 0 Å². The van der Waals surface area contributed by atoms with Gasteiger partial charge >= 0.3 is 0 Å². The van der Waals surface area contributed by atoms with Gasteiger partial charge in [0.05, 0.1) is 6.54 Å². The molecule has 3 rings (SSSR count). The van der Waals surface area contributed by atoms with Gasteiger partial charge < -0.3 is 10.2 Å². The second kappa shape index (κ2) is 8.92. The second-order valence-corrected chi connectivity index (χ2v) is 7.84. The molecule has 1 saturated heterocycles. The smallest absolute Gasteiger partial charge is 0.253 e. The number of amides is 2. The summed E-state index contributed by atoms with van der Waals surface area (Å²) in [6, 6.07) is 16.3. The van der Waals surface area contributed by atoms with Crippen LogP contribution in [0.1, 0.15) is 10.4 Å². The fraction of sp³-hybridized carbons (Fsp3) is 0.300. The van der Waals surface area contributed by atoms with E-state index in [4.69, 9.17) is 0 Å². The van der Waals surface area contributed by atoms with Crippen molar-refractivity contribution in [3.63, 3.8) is 0 Å². The Morgan fingerprint density at radius 2 is 1.59 bits per heavy atom. The maximum absolute atomic E-state index is 12.6. The highest BCUT2D eigenvalue weighted by atomic mass is 32.2. The van der Waals surface area contributed by atoms with E-state index in [0.29, 0.717) is 43.2 Å². The third kappa shape index (κ3) is 5.24. The zero-order valence-electron chi connectivity index (χ0n) is 15.3. The van der Waals surface area contributed by atoms with Crippen molar-refractivity contribution in [3.8, 4) is 0 Å². The first-order valence-corrected chi connectivity index (χ1v) is 10.4. The molecule has 2 aromatic rings. The predicted molar refractivity (Wildman–Crippen MR) is 106 cm³/mol. The van der Waals surface area contributed by atoms with Crippen LogP contribution >= 0.6 is 0 Å². The molecule has 0 aromatic heterocycles. The van der Waals surface area contributed by atoms with Gasteiger partial charge in [0.25, 0.3) is 5.91 Å². The van der Waals surface area contributed by atoms with E-state index >= 15 is 0 Å². The van der Waals surface area contributed by atoms with Gasteiger partial charge in [0.1, 0.15) is 0 Å². The lowest BCUT2D eigenvalue weighted by atomic mass is 10.2. The summed E-state index contributed by atoms with van der Waals surface area (Å²) < 4.78 is 11.4. The van der Waals surface area contributed by atoms with Gasteiger partial charge in [0, 0.05) is 59.4 Å². The van der Waals surface area contributed by atoms with Crippen molar-refractivity contribution in [2.45, 2.75) is 4.90 Å². The Labute approximate surface area is 161 Å². The Hall–Kier alpha value is -2.51. The van der Waals surface area contributed by atoms with Gasteiger partial charge in [-0.05, 0) is 36.4 Å². The van der Waals surface area contributed by atoms with Crippen molar-refractivity contribution in [2.24, 2.45) is 0 Å². The molecule has 0 saturated carbocycles. The quantitative estimate of drug-likeness (QED) is 0.852. The van der Waals surface area contributed by atoms with E-state index in [1.807, 2.05) is 35.2 Å². The molecule has 0 radical (unpaired) electrons. The van der Waals surface area contributed by atoms with Gasteiger partial charge in [-0.1, -0.05) is 18.2 Å². The number of carbonyl (C=O) groups is 2. The van der Waals surface area contributed by atoms with E-state index < -0.39 is 10.8 Å². The van der Waals surface area contributed by atoms with E-state index in [0.717, 1.165) is 5.69 Å². The number of hydrogen-bond donors (Lipinski definition) is 1. The Kier molecular flexibility index (Phi) is 6.36. The van der Waals surface area contributed by atoms with Gasteiger partial charge in [-0.2, -0.15) is 0 Å². The van der Waals surface area contributed by atoms with Crippen LogP contribution in [0.5, 0.6) is 0 Å². The van der Waals surface area contributed by atoms with Gasteiger partial charge in [0.15, 0.2) is 0 Å². The molecular weight excluding hydrogens is 362 g/mol. The van der Waals surface area contributed by atoms with Crippen LogP contribution < -0.4 is 5.32 Å². The number of para-hydroxylation sites is 1. The van der Waals surface area contributed by atoms with Crippen LogP contribution in [0.15, 0.2) is 59.5 Å². The molecular formula is C20H23N3O3S. The average molecular weight is 385 g/mol. The minimum atomic E-state index is -1.05. The number of carbonyl (C=O) groups excluding carboxylic acids is 2. The topological polar surface area (TPSA) is 69.7 Å². The highest BCUT2D eigenvalue weighted by Gasteiger charge is 2.23. The van der Waals surface area contributed by atoms with E-state index in [-0.39, 0.29) is 11.8 Å². The Balaban J connectivity index is 1.48. The molecule has 1 unspecified atom stereocenters. The number of rotatable bonds is 5. The van der Waals surface area contributed by atoms with Crippen LogP contribution in [0.25, 0.3) is 0 Å². The lowest BCUT2D eigenvalue weighted by molar-refractivity contribution is -0.117. The van der Waals surface area contributed by atoms with E-state index in [9.17, 15) is 13.8 Å². The molecule has 2 aromatic carbocycles. The normalized spacial score (nSPS) is 16.0. The van der Waals surface area contributed by atoms with Crippen molar-refractivity contribution in [3.05, 3.63) is 60.2 Å². The summed E-state index contributed by atoms with van der Waals surface area (Å²) in [7, 11) is -1.05. The molecule has 1 atom stereocenters. The molecule has 6 nitrogen and oxygen atoms in total. The molecule has 1 aliphatic heterocycles.